The summed E-state index contributed by atoms with van der Waals surface area (Å²) in [6.45, 7) is 1.70. The van der Waals surface area contributed by atoms with Gasteiger partial charge in [0.15, 0.2) is 5.82 Å². The van der Waals surface area contributed by atoms with Gasteiger partial charge in [0, 0.05) is 38.3 Å². The highest BCUT2D eigenvalue weighted by atomic mass is 19.1. The summed E-state index contributed by atoms with van der Waals surface area (Å²) in [5.41, 5.74) is 3.39. The number of carbonyl (C=O) groups is 1. The molecule has 0 atom stereocenters. The van der Waals surface area contributed by atoms with Gasteiger partial charge in [0.25, 0.3) is 0 Å². The van der Waals surface area contributed by atoms with E-state index in [0.29, 0.717) is 11.1 Å². The Labute approximate surface area is 160 Å². The predicted octanol–water partition coefficient (Wildman–Crippen LogP) is 3.14. The molecule has 9 heteroatoms. The molecule has 0 aliphatic heterocycles. The molecule has 0 aliphatic carbocycles. The summed E-state index contributed by atoms with van der Waals surface area (Å²) in [7, 11) is 4.83. The number of nitrogens with one attached hydrogen (secondary N) is 3. The first-order valence-electron chi connectivity index (χ1n) is 8.73. The maximum atomic E-state index is 15.4. The number of benzene rings is 1. The minimum Gasteiger partial charge on any atom is -0.372 e. The number of halogens is 1. The van der Waals surface area contributed by atoms with Crippen molar-refractivity contribution in [2.75, 3.05) is 31.4 Å². The van der Waals surface area contributed by atoms with Gasteiger partial charge in [-0.25, -0.2) is 14.2 Å². The molecule has 0 spiro atoms. The Morgan fingerprint density at radius 3 is 2.79 bits per heavy atom. The molecule has 0 fully saturated rings. The number of rotatable bonds is 3. The fourth-order valence-electron chi connectivity index (χ4n) is 3.47. The van der Waals surface area contributed by atoms with Crippen molar-refractivity contribution >= 4 is 34.1 Å². The lowest BCUT2D eigenvalue weighted by atomic mass is 9.96. The number of carbonyl (C=O) groups excluding carboxylic acids is 1. The van der Waals surface area contributed by atoms with E-state index in [1.54, 1.807) is 20.2 Å². The number of H-pyrrole nitrogens is 1. The van der Waals surface area contributed by atoms with Crippen LogP contribution in [0.1, 0.15) is 5.56 Å². The van der Waals surface area contributed by atoms with Crippen LogP contribution >= 0.6 is 0 Å². The predicted molar refractivity (Wildman–Crippen MR) is 107 cm³/mol. The molecule has 144 valence electrons. The number of hydrogen-bond acceptors (Lipinski definition) is 4. The van der Waals surface area contributed by atoms with Crippen LogP contribution in [0.4, 0.5) is 20.7 Å². The Morgan fingerprint density at radius 2 is 2.07 bits per heavy atom. The van der Waals surface area contributed by atoms with Gasteiger partial charge in [-0.05, 0) is 30.2 Å². The molecule has 0 saturated carbocycles. The van der Waals surface area contributed by atoms with E-state index < -0.39 is 11.8 Å². The highest BCUT2D eigenvalue weighted by Crippen LogP contribution is 2.39. The van der Waals surface area contributed by atoms with Gasteiger partial charge in [-0.15, -0.1) is 0 Å². The molecule has 3 N–H and O–H groups in total. The number of hydrogen-bond donors (Lipinski definition) is 3. The Morgan fingerprint density at radius 1 is 1.29 bits per heavy atom. The maximum absolute atomic E-state index is 15.4. The number of pyridine rings is 1. The first-order valence-corrected chi connectivity index (χ1v) is 8.73. The summed E-state index contributed by atoms with van der Waals surface area (Å²) in [4.78, 5) is 17.7. The molecule has 4 aromatic rings. The van der Waals surface area contributed by atoms with Gasteiger partial charge >= 0.3 is 6.03 Å². The quantitative estimate of drug-likeness (QED) is 0.509. The third-order valence-corrected chi connectivity index (χ3v) is 4.91. The third kappa shape index (κ3) is 2.55. The molecule has 0 radical (unpaired) electrons. The summed E-state index contributed by atoms with van der Waals surface area (Å²) >= 11 is 0. The van der Waals surface area contributed by atoms with E-state index in [2.05, 4.69) is 25.8 Å². The third-order valence-electron chi connectivity index (χ3n) is 4.91. The number of anilines is 2. The molecule has 0 aliphatic rings. The topological polar surface area (TPSA) is 90.3 Å². The standard InChI is InChI=1S/C19H20FN7O/c1-10-15(11-5-6-14-24-13(21-2)9-27(14)8-11)12-7-23-25-17(12)18(16(10)20)26(4)19(28)22-3/h5-9,21H,1-4H3,(H,22,28)(H,23,25). The van der Waals surface area contributed by atoms with Crippen LogP contribution in [0.5, 0.6) is 0 Å². The second-order valence-electron chi connectivity index (χ2n) is 6.49. The second kappa shape index (κ2) is 6.52. The van der Waals surface area contributed by atoms with E-state index in [1.807, 2.05) is 28.9 Å². The molecule has 4 rings (SSSR count). The zero-order valence-electron chi connectivity index (χ0n) is 16.0. The number of aromatic amines is 1. The number of amides is 2. The lowest BCUT2D eigenvalue weighted by Gasteiger charge is -2.21. The van der Waals surface area contributed by atoms with Gasteiger partial charge in [-0.1, -0.05) is 0 Å². The molecule has 3 aromatic heterocycles. The summed E-state index contributed by atoms with van der Waals surface area (Å²) in [6, 6.07) is 3.36. The summed E-state index contributed by atoms with van der Waals surface area (Å²) in [5.74, 6) is 0.274. The van der Waals surface area contributed by atoms with Crippen molar-refractivity contribution in [2.24, 2.45) is 0 Å². The van der Waals surface area contributed by atoms with Crippen molar-refractivity contribution in [3.05, 3.63) is 42.1 Å². The lowest BCUT2D eigenvalue weighted by molar-refractivity contribution is 0.249. The number of fused-ring (bicyclic) bond motifs is 2. The normalized spacial score (nSPS) is 11.2. The van der Waals surface area contributed by atoms with Crippen LogP contribution in [0.3, 0.4) is 0 Å². The van der Waals surface area contributed by atoms with Gasteiger partial charge in [0.2, 0.25) is 0 Å². The molecule has 0 bridgehead atoms. The van der Waals surface area contributed by atoms with E-state index in [-0.39, 0.29) is 5.69 Å². The minimum absolute atomic E-state index is 0.161. The van der Waals surface area contributed by atoms with Gasteiger partial charge in [0.05, 0.1) is 17.9 Å². The van der Waals surface area contributed by atoms with Gasteiger partial charge in [-0.3, -0.25) is 10.00 Å². The van der Waals surface area contributed by atoms with Crippen molar-refractivity contribution in [1.29, 1.82) is 0 Å². The van der Waals surface area contributed by atoms with Crippen LogP contribution in [0, 0.1) is 12.7 Å². The maximum Gasteiger partial charge on any atom is 0.321 e. The molecule has 28 heavy (non-hydrogen) atoms. The highest BCUT2D eigenvalue weighted by molar-refractivity contribution is 6.07. The largest absolute Gasteiger partial charge is 0.372 e. The average Bonchev–Trinajstić information content (AvgIpc) is 3.34. The summed E-state index contributed by atoms with van der Waals surface area (Å²) in [6.07, 6.45) is 5.42. The molecular formula is C19H20FN7O. The van der Waals surface area contributed by atoms with Crippen LogP contribution in [-0.4, -0.2) is 46.8 Å². The van der Waals surface area contributed by atoms with E-state index in [1.165, 1.54) is 19.0 Å². The molecule has 1 aromatic carbocycles. The number of aromatic nitrogens is 4. The SMILES string of the molecule is CNC(=O)N(C)c1c(F)c(C)c(-c2ccc3nc(NC)cn3c2)c2cn[nH]c12. The fourth-order valence-corrected chi connectivity index (χ4v) is 3.47. The zero-order valence-corrected chi connectivity index (χ0v) is 16.0. The van der Waals surface area contributed by atoms with Crippen molar-refractivity contribution in [2.45, 2.75) is 6.92 Å². The van der Waals surface area contributed by atoms with E-state index in [4.69, 9.17) is 0 Å². The average molecular weight is 381 g/mol. The van der Waals surface area contributed by atoms with Gasteiger partial charge in [0.1, 0.15) is 17.2 Å². The monoisotopic (exact) mass is 381 g/mol. The zero-order chi connectivity index (χ0) is 20.0. The van der Waals surface area contributed by atoms with Crippen molar-refractivity contribution in [3.8, 4) is 11.1 Å². The Hall–Kier alpha value is -3.62. The second-order valence-corrected chi connectivity index (χ2v) is 6.49. The minimum atomic E-state index is -0.473. The van der Waals surface area contributed by atoms with Gasteiger partial charge < -0.3 is 15.0 Å². The Balaban J connectivity index is 1.97. The number of imidazole rings is 1. The number of urea groups is 1. The molecule has 3 heterocycles. The first-order chi connectivity index (χ1) is 13.5. The first kappa shape index (κ1) is 17.8. The summed E-state index contributed by atoms with van der Waals surface area (Å²) < 4.78 is 17.3. The van der Waals surface area contributed by atoms with Crippen molar-refractivity contribution in [3.63, 3.8) is 0 Å². The molecule has 0 unspecified atom stereocenters. The van der Waals surface area contributed by atoms with Crippen LogP contribution in [0.15, 0.2) is 30.7 Å². The fraction of sp³-hybridized carbons (Fsp3) is 0.211. The molecule has 8 nitrogen and oxygen atoms in total. The lowest BCUT2D eigenvalue weighted by Crippen LogP contribution is -2.35. The van der Waals surface area contributed by atoms with Crippen molar-refractivity contribution < 1.29 is 9.18 Å². The van der Waals surface area contributed by atoms with Crippen LogP contribution < -0.4 is 15.5 Å². The highest BCUT2D eigenvalue weighted by Gasteiger charge is 2.24. The van der Waals surface area contributed by atoms with Crippen molar-refractivity contribution in [1.82, 2.24) is 24.9 Å². The Bertz CT molecular complexity index is 1210. The Kier molecular flexibility index (Phi) is 4.14. The van der Waals surface area contributed by atoms with Crippen LogP contribution in [0.2, 0.25) is 0 Å². The van der Waals surface area contributed by atoms with Crippen LogP contribution in [-0.2, 0) is 0 Å². The molecule has 2 amide bonds. The van der Waals surface area contributed by atoms with E-state index >= 15 is 4.39 Å². The van der Waals surface area contributed by atoms with Crippen LogP contribution in [0.25, 0.3) is 27.7 Å². The van der Waals surface area contributed by atoms with E-state index in [9.17, 15) is 4.79 Å². The van der Waals surface area contributed by atoms with E-state index in [0.717, 1.165) is 28.0 Å². The number of nitrogens with zero attached hydrogens (tertiary/aromatic N) is 4. The van der Waals surface area contributed by atoms with Gasteiger partial charge in [-0.2, -0.15) is 5.10 Å². The summed E-state index contributed by atoms with van der Waals surface area (Å²) in [5, 5.41) is 13.2. The molecule has 0 saturated heterocycles. The molecular weight excluding hydrogens is 361 g/mol. The smallest absolute Gasteiger partial charge is 0.321 e.